The van der Waals surface area contributed by atoms with Crippen molar-refractivity contribution >= 4 is 11.6 Å². The zero-order valence-corrected chi connectivity index (χ0v) is 22.9. The smallest absolute Gasteiger partial charge is 0.122 e. The van der Waals surface area contributed by atoms with Gasteiger partial charge in [-0.05, 0) is 110 Å². The Hall–Kier alpha value is -2.80. The fourth-order valence-corrected chi connectivity index (χ4v) is 5.84. The summed E-state index contributed by atoms with van der Waals surface area (Å²) in [5, 5.41) is 0.731. The van der Waals surface area contributed by atoms with E-state index in [1.165, 1.54) is 51.6 Å². The number of hydrogen-bond acceptors (Lipinski definition) is 3. The van der Waals surface area contributed by atoms with E-state index in [0.29, 0.717) is 5.41 Å². The van der Waals surface area contributed by atoms with Gasteiger partial charge in [0.25, 0.3) is 0 Å². The first-order valence-electron chi connectivity index (χ1n) is 13.7. The van der Waals surface area contributed by atoms with Gasteiger partial charge < -0.3 is 4.74 Å². The minimum Gasteiger partial charge on any atom is -0.492 e. The highest BCUT2D eigenvalue weighted by Crippen LogP contribution is 2.46. The molecule has 0 bridgehead atoms. The summed E-state index contributed by atoms with van der Waals surface area (Å²) in [6, 6.07) is 17.9. The third-order valence-electron chi connectivity index (χ3n) is 8.37. The van der Waals surface area contributed by atoms with E-state index in [1.54, 1.807) is 0 Å². The molecule has 2 heterocycles. The number of hydrogen-bond donors (Lipinski definition) is 0. The Balaban J connectivity index is 1.10. The minimum absolute atomic E-state index is 0.644. The fraction of sp³-hybridized carbons (Fsp3) is 0.424. The summed E-state index contributed by atoms with van der Waals surface area (Å²) in [6.45, 7) is 8.69. The lowest BCUT2D eigenvalue weighted by Crippen LogP contribution is -2.43. The van der Waals surface area contributed by atoms with Gasteiger partial charge in [0, 0.05) is 28.9 Å². The first-order chi connectivity index (χ1) is 18.0. The van der Waals surface area contributed by atoms with Gasteiger partial charge in [-0.15, -0.1) is 0 Å². The standard InChI is InChI=1S/C33H37ClN2O/c1-25-13-15-33(16-14-25)17-19-36(20-18-33)21-22-37-32-12-4-27(23-26(32)2)3-10-31-11-7-29(24-35-31)28-5-8-30(34)9-6-28/h4-9,11-12,23-25H,13-22H2,1-2H3. The molecule has 2 aromatic carbocycles. The van der Waals surface area contributed by atoms with E-state index >= 15 is 0 Å². The molecule has 0 atom stereocenters. The van der Waals surface area contributed by atoms with Gasteiger partial charge in [-0.3, -0.25) is 4.90 Å². The number of aryl methyl sites for hydroxylation is 1. The Morgan fingerprint density at radius 3 is 2.35 bits per heavy atom. The fourth-order valence-electron chi connectivity index (χ4n) is 5.72. The van der Waals surface area contributed by atoms with Crippen LogP contribution in [0.5, 0.6) is 5.75 Å². The van der Waals surface area contributed by atoms with Crippen molar-refractivity contribution in [2.24, 2.45) is 11.3 Å². The molecule has 1 aliphatic carbocycles. The second kappa shape index (κ2) is 11.7. The number of likely N-dealkylation sites (tertiary alicyclic amines) is 1. The highest BCUT2D eigenvalue weighted by molar-refractivity contribution is 6.30. The van der Waals surface area contributed by atoms with Crippen molar-refractivity contribution in [3.63, 3.8) is 0 Å². The lowest BCUT2D eigenvalue weighted by molar-refractivity contribution is 0.0492. The zero-order valence-electron chi connectivity index (χ0n) is 22.1. The highest BCUT2D eigenvalue weighted by Gasteiger charge is 2.36. The molecule has 3 nitrogen and oxygen atoms in total. The maximum atomic E-state index is 6.16. The van der Waals surface area contributed by atoms with Gasteiger partial charge in [-0.2, -0.15) is 0 Å². The van der Waals surface area contributed by atoms with Gasteiger partial charge in [0.2, 0.25) is 0 Å². The summed E-state index contributed by atoms with van der Waals surface area (Å²) in [5.41, 5.74) is 5.62. The quantitative estimate of drug-likeness (QED) is 0.326. The molecule has 3 aromatic rings. The molecule has 1 saturated heterocycles. The highest BCUT2D eigenvalue weighted by atomic mass is 35.5. The summed E-state index contributed by atoms with van der Waals surface area (Å²) in [7, 11) is 0. The number of benzene rings is 2. The maximum Gasteiger partial charge on any atom is 0.122 e. The van der Waals surface area contributed by atoms with Gasteiger partial charge in [0.05, 0.1) is 0 Å². The number of rotatable bonds is 5. The Labute approximate surface area is 227 Å². The Kier molecular flexibility index (Phi) is 8.18. The summed E-state index contributed by atoms with van der Waals surface area (Å²) < 4.78 is 6.16. The molecule has 0 amide bonds. The molecular formula is C33H37ClN2O. The van der Waals surface area contributed by atoms with Crippen LogP contribution in [0.1, 0.15) is 62.3 Å². The maximum absolute atomic E-state index is 6.16. The van der Waals surface area contributed by atoms with Crippen molar-refractivity contribution in [2.75, 3.05) is 26.2 Å². The molecule has 1 spiro atoms. The molecule has 0 unspecified atom stereocenters. The molecule has 2 fully saturated rings. The van der Waals surface area contributed by atoms with E-state index in [0.717, 1.165) is 57.8 Å². The van der Waals surface area contributed by atoms with Crippen LogP contribution < -0.4 is 4.74 Å². The van der Waals surface area contributed by atoms with Gasteiger partial charge in [0.1, 0.15) is 18.1 Å². The lowest BCUT2D eigenvalue weighted by atomic mass is 9.66. The van der Waals surface area contributed by atoms with E-state index in [4.69, 9.17) is 16.3 Å². The van der Waals surface area contributed by atoms with Crippen LogP contribution in [-0.2, 0) is 0 Å². The van der Waals surface area contributed by atoms with Crippen LogP contribution in [0.15, 0.2) is 60.8 Å². The molecular weight excluding hydrogens is 476 g/mol. The Morgan fingerprint density at radius 2 is 1.68 bits per heavy atom. The topological polar surface area (TPSA) is 25.4 Å². The number of pyridine rings is 1. The van der Waals surface area contributed by atoms with E-state index in [9.17, 15) is 0 Å². The number of nitrogens with zero attached hydrogens (tertiary/aromatic N) is 2. The molecule has 2 aliphatic rings. The molecule has 0 N–H and O–H groups in total. The second-order valence-corrected chi connectivity index (χ2v) is 11.5. The van der Waals surface area contributed by atoms with Crippen molar-refractivity contribution in [2.45, 2.75) is 52.4 Å². The normalized spacial score (nSPS) is 17.8. The molecule has 1 aliphatic heterocycles. The van der Waals surface area contributed by atoms with Gasteiger partial charge in [0.15, 0.2) is 0 Å². The van der Waals surface area contributed by atoms with Gasteiger partial charge in [-0.25, -0.2) is 4.98 Å². The molecule has 1 saturated carbocycles. The number of ether oxygens (including phenoxy) is 1. The van der Waals surface area contributed by atoms with Crippen molar-refractivity contribution < 1.29 is 4.74 Å². The van der Waals surface area contributed by atoms with Crippen LogP contribution in [0.3, 0.4) is 0 Å². The molecule has 1 aromatic heterocycles. The SMILES string of the molecule is Cc1cc(C#Cc2ccc(-c3ccc(Cl)cc3)cn2)ccc1OCCN1CCC2(CCC(C)CC2)CC1. The van der Waals surface area contributed by atoms with E-state index in [1.807, 2.05) is 54.7 Å². The Morgan fingerprint density at radius 1 is 0.946 bits per heavy atom. The second-order valence-electron chi connectivity index (χ2n) is 11.0. The average Bonchev–Trinajstić information content (AvgIpc) is 2.92. The van der Waals surface area contributed by atoms with E-state index < -0.39 is 0 Å². The predicted octanol–water partition coefficient (Wildman–Crippen LogP) is 7.78. The largest absolute Gasteiger partial charge is 0.492 e. The summed E-state index contributed by atoms with van der Waals surface area (Å²) in [4.78, 5) is 7.10. The molecule has 0 radical (unpaired) electrons. The lowest BCUT2D eigenvalue weighted by Gasteiger charge is -2.45. The van der Waals surface area contributed by atoms with E-state index in [-0.39, 0.29) is 0 Å². The average molecular weight is 513 g/mol. The molecule has 4 heteroatoms. The summed E-state index contributed by atoms with van der Waals surface area (Å²) >= 11 is 5.99. The molecule has 5 rings (SSSR count). The third kappa shape index (κ3) is 6.75. The number of halogens is 1. The molecule has 192 valence electrons. The van der Waals surface area contributed by atoms with Crippen LogP contribution in [0.2, 0.25) is 5.02 Å². The first-order valence-corrected chi connectivity index (χ1v) is 14.1. The molecule has 37 heavy (non-hydrogen) atoms. The van der Waals surface area contributed by atoms with Gasteiger partial charge in [-0.1, -0.05) is 55.5 Å². The van der Waals surface area contributed by atoms with Crippen LogP contribution in [0, 0.1) is 30.1 Å². The monoisotopic (exact) mass is 512 g/mol. The number of piperidine rings is 1. The predicted molar refractivity (Wildman–Crippen MR) is 153 cm³/mol. The first kappa shape index (κ1) is 25.8. The van der Waals surface area contributed by atoms with Crippen molar-refractivity contribution in [1.29, 1.82) is 0 Å². The van der Waals surface area contributed by atoms with Crippen LogP contribution in [0.25, 0.3) is 11.1 Å². The van der Waals surface area contributed by atoms with Gasteiger partial charge >= 0.3 is 0 Å². The van der Waals surface area contributed by atoms with Crippen molar-refractivity contribution in [1.82, 2.24) is 9.88 Å². The van der Waals surface area contributed by atoms with Crippen LogP contribution >= 0.6 is 11.6 Å². The summed E-state index contributed by atoms with van der Waals surface area (Å²) in [6.07, 6.45) is 10.3. The van der Waals surface area contributed by atoms with E-state index in [2.05, 4.69) is 41.6 Å². The minimum atomic E-state index is 0.644. The summed E-state index contributed by atoms with van der Waals surface area (Å²) in [5.74, 6) is 8.30. The zero-order chi connectivity index (χ0) is 25.7. The Bertz CT molecular complexity index is 1240. The van der Waals surface area contributed by atoms with Crippen LogP contribution in [-0.4, -0.2) is 36.1 Å². The van der Waals surface area contributed by atoms with Crippen molar-refractivity contribution in [3.8, 4) is 28.7 Å². The van der Waals surface area contributed by atoms with Crippen molar-refractivity contribution in [3.05, 3.63) is 82.6 Å². The van der Waals surface area contributed by atoms with Crippen LogP contribution in [0.4, 0.5) is 0 Å². The third-order valence-corrected chi connectivity index (χ3v) is 8.62. The number of aromatic nitrogens is 1.